The third kappa shape index (κ3) is 2.31. The summed E-state index contributed by atoms with van der Waals surface area (Å²) in [4.78, 5) is 11.1. The van der Waals surface area contributed by atoms with E-state index >= 15 is 0 Å². The van der Waals surface area contributed by atoms with Gasteiger partial charge in [0.1, 0.15) is 0 Å². The summed E-state index contributed by atoms with van der Waals surface area (Å²) in [6.45, 7) is 2.22. The largest absolute Gasteiger partial charge is 0.481 e. The van der Waals surface area contributed by atoms with Crippen LogP contribution >= 0.6 is 15.9 Å². The van der Waals surface area contributed by atoms with Crippen molar-refractivity contribution in [2.45, 2.75) is 32.1 Å². The number of carbonyl (C=O) groups is 1. The van der Waals surface area contributed by atoms with Crippen molar-refractivity contribution < 1.29 is 19.4 Å². The van der Waals surface area contributed by atoms with E-state index in [-0.39, 0.29) is 19.1 Å². The van der Waals surface area contributed by atoms with Crippen molar-refractivity contribution in [3.8, 4) is 11.5 Å². The Kier molecular flexibility index (Phi) is 3.17. The van der Waals surface area contributed by atoms with E-state index in [2.05, 4.69) is 15.9 Å². The second-order valence-corrected chi connectivity index (χ2v) is 5.97. The van der Waals surface area contributed by atoms with Gasteiger partial charge in [-0.25, -0.2) is 0 Å². The molecule has 102 valence electrons. The number of hydrogen-bond donors (Lipinski definition) is 1. The molecule has 0 bridgehead atoms. The number of halogens is 1. The molecule has 1 heterocycles. The van der Waals surface area contributed by atoms with Gasteiger partial charge in [-0.3, -0.25) is 4.79 Å². The van der Waals surface area contributed by atoms with E-state index < -0.39 is 5.97 Å². The lowest BCUT2D eigenvalue weighted by molar-refractivity contribution is -0.137. The van der Waals surface area contributed by atoms with Gasteiger partial charge in [0.2, 0.25) is 6.79 Å². The first-order chi connectivity index (χ1) is 9.08. The molecule has 0 amide bonds. The lowest BCUT2D eigenvalue weighted by Gasteiger charge is -2.19. The smallest absolute Gasteiger partial charge is 0.303 e. The predicted molar refractivity (Wildman–Crippen MR) is 72.7 cm³/mol. The Morgan fingerprint density at radius 2 is 2.26 bits per heavy atom. The molecule has 0 aromatic heterocycles. The molecule has 1 unspecified atom stereocenters. The molecule has 1 aromatic rings. The van der Waals surface area contributed by atoms with E-state index in [0.29, 0.717) is 11.7 Å². The third-order valence-electron chi connectivity index (χ3n) is 3.87. The Hall–Kier alpha value is -1.23. The number of ether oxygens (including phenoxy) is 2. The first kappa shape index (κ1) is 12.8. The van der Waals surface area contributed by atoms with Crippen LogP contribution in [0.1, 0.15) is 36.3 Å². The fourth-order valence-corrected chi connectivity index (χ4v) is 3.25. The number of hydrogen-bond acceptors (Lipinski definition) is 3. The molecule has 2 aliphatic rings. The second kappa shape index (κ2) is 4.71. The van der Waals surface area contributed by atoms with Gasteiger partial charge in [-0.2, -0.15) is 0 Å². The average Bonchev–Trinajstić information content (AvgIpc) is 3.09. The minimum Gasteiger partial charge on any atom is -0.481 e. The monoisotopic (exact) mass is 326 g/mol. The summed E-state index contributed by atoms with van der Waals surface area (Å²) in [5.41, 5.74) is 2.13. The lowest BCUT2D eigenvalue weighted by Crippen LogP contribution is -2.10. The first-order valence-electron chi connectivity index (χ1n) is 6.38. The maximum Gasteiger partial charge on any atom is 0.303 e. The van der Waals surface area contributed by atoms with Crippen molar-refractivity contribution in [1.29, 1.82) is 0 Å². The number of rotatable bonds is 4. The van der Waals surface area contributed by atoms with Crippen LogP contribution in [0.15, 0.2) is 10.5 Å². The van der Waals surface area contributed by atoms with Gasteiger partial charge in [0.25, 0.3) is 0 Å². The Balaban J connectivity index is 2.03. The van der Waals surface area contributed by atoms with Gasteiger partial charge in [-0.1, -0.05) is 0 Å². The maximum atomic E-state index is 11.1. The Morgan fingerprint density at radius 3 is 2.89 bits per heavy atom. The summed E-state index contributed by atoms with van der Waals surface area (Å²) in [6.07, 6.45) is 2.41. The van der Waals surface area contributed by atoms with E-state index in [0.717, 1.165) is 34.2 Å². The molecule has 3 rings (SSSR count). The quantitative estimate of drug-likeness (QED) is 0.920. The van der Waals surface area contributed by atoms with Gasteiger partial charge < -0.3 is 14.6 Å². The highest BCUT2D eigenvalue weighted by Crippen LogP contribution is 2.50. The van der Waals surface area contributed by atoms with E-state index in [1.54, 1.807) is 0 Å². The maximum absolute atomic E-state index is 11.1. The Bertz CT molecular complexity index is 537. The molecule has 1 atom stereocenters. The lowest BCUT2D eigenvalue weighted by atomic mass is 9.87. The highest BCUT2D eigenvalue weighted by Gasteiger charge is 2.36. The summed E-state index contributed by atoms with van der Waals surface area (Å²) in [7, 11) is 0. The zero-order valence-corrected chi connectivity index (χ0v) is 12.2. The summed E-state index contributed by atoms with van der Waals surface area (Å²) in [6, 6.07) is 1.95. The molecule has 0 radical (unpaired) electrons. The molecule has 0 spiro atoms. The van der Waals surface area contributed by atoms with Crippen molar-refractivity contribution in [2.75, 3.05) is 6.79 Å². The zero-order valence-electron chi connectivity index (χ0n) is 10.6. The molecule has 1 aliphatic heterocycles. The third-order valence-corrected chi connectivity index (χ3v) is 4.83. The molecule has 1 aromatic carbocycles. The molecular weight excluding hydrogens is 312 g/mol. The highest BCUT2D eigenvalue weighted by atomic mass is 79.9. The number of aliphatic carboxylic acids is 1. The van der Waals surface area contributed by atoms with Crippen LogP contribution in [0.2, 0.25) is 0 Å². The number of carboxylic acids is 1. The van der Waals surface area contributed by atoms with Crippen molar-refractivity contribution in [3.63, 3.8) is 0 Å². The van der Waals surface area contributed by atoms with Gasteiger partial charge >= 0.3 is 5.97 Å². The molecule has 5 heteroatoms. The van der Waals surface area contributed by atoms with Crippen molar-refractivity contribution in [1.82, 2.24) is 0 Å². The second-order valence-electron chi connectivity index (χ2n) is 5.18. The van der Waals surface area contributed by atoms with Crippen LogP contribution in [-0.2, 0) is 4.79 Å². The molecule has 1 N–H and O–H groups in total. The minimum absolute atomic E-state index is 0.0725. The summed E-state index contributed by atoms with van der Waals surface area (Å²) in [5, 5.41) is 9.11. The van der Waals surface area contributed by atoms with E-state index in [4.69, 9.17) is 14.6 Å². The van der Waals surface area contributed by atoms with Crippen molar-refractivity contribution in [2.24, 2.45) is 5.92 Å². The van der Waals surface area contributed by atoms with Crippen LogP contribution in [0.4, 0.5) is 0 Å². The Labute approximate surface area is 119 Å². The fraction of sp³-hybridized carbons (Fsp3) is 0.500. The van der Waals surface area contributed by atoms with Gasteiger partial charge in [0.15, 0.2) is 11.5 Å². The van der Waals surface area contributed by atoms with Crippen molar-refractivity contribution in [3.05, 3.63) is 21.7 Å². The molecule has 1 saturated carbocycles. The van der Waals surface area contributed by atoms with E-state index in [1.165, 1.54) is 0 Å². The summed E-state index contributed by atoms with van der Waals surface area (Å²) in [5.74, 6) is 1.25. The van der Waals surface area contributed by atoms with E-state index in [9.17, 15) is 4.79 Å². The summed E-state index contributed by atoms with van der Waals surface area (Å²) < 4.78 is 11.7. The van der Waals surface area contributed by atoms with Gasteiger partial charge in [-0.15, -0.1) is 0 Å². The topological polar surface area (TPSA) is 55.8 Å². The van der Waals surface area contributed by atoms with Crippen LogP contribution < -0.4 is 9.47 Å². The predicted octanol–water partition coefficient (Wildman–Crippen LogP) is 3.45. The molecule has 19 heavy (non-hydrogen) atoms. The van der Waals surface area contributed by atoms with Gasteiger partial charge in [-0.05, 0) is 64.7 Å². The standard InChI is InChI=1S/C14H15BrO4/c1-7-9(10(5-12(16)17)8-2-3-8)4-11-14(13(7)15)19-6-18-11/h4,8,10H,2-3,5-6H2,1H3,(H,16,17). The van der Waals surface area contributed by atoms with E-state index in [1.807, 2.05) is 13.0 Å². The van der Waals surface area contributed by atoms with Crippen molar-refractivity contribution >= 4 is 21.9 Å². The van der Waals surface area contributed by atoms with Crippen LogP contribution in [0.5, 0.6) is 11.5 Å². The zero-order chi connectivity index (χ0) is 13.6. The fourth-order valence-electron chi connectivity index (χ4n) is 2.72. The highest BCUT2D eigenvalue weighted by molar-refractivity contribution is 9.10. The Morgan fingerprint density at radius 1 is 1.53 bits per heavy atom. The molecule has 0 saturated heterocycles. The number of carboxylic acid groups (broad SMARTS) is 1. The molecular formula is C14H15BrO4. The average molecular weight is 327 g/mol. The van der Waals surface area contributed by atoms with Crippen LogP contribution in [0, 0.1) is 12.8 Å². The summed E-state index contributed by atoms with van der Waals surface area (Å²) >= 11 is 3.53. The van der Waals surface area contributed by atoms with Gasteiger partial charge in [0.05, 0.1) is 10.9 Å². The molecule has 1 fully saturated rings. The first-order valence-corrected chi connectivity index (χ1v) is 7.17. The molecule has 4 nitrogen and oxygen atoms in total. The minimum atomic E-state index is -0.745. The number of fused-ring (bicyclic) bond motifs is 1. The van der Waals surface area contributed by atoms with Crippen LogP contribution in [0.3, 0.4) is 0 Å². The SMILES string of the molecule is Cc1c(C(CC(=O)O)C2CC2)cc2c(c1Br)OCO2. The van der Waals surface area contributed by atoms with Crippen LogP contribution in [-0.4, -0.2) is 17.9 Å². The van der Waals surface area contributed by atoms with Gasteiger partial charge in [0, 0.05) is 0 Å². The number of benzene rings is 1. The van der Waals surface area contributed by atoms with Crippen LogP contribution in [0.25, 0.3) is 0 Å². The normalized spacial score (nSPS) is 18.4. The molecule has 1 aliphatic carbocycles.